The molecule has 2 rings (SSSR count). The number of unbranched alkanes of at least 4 members (excludes halogenated alkanes) is 3. The van der Waals surface area contributed by atoms with Crippen molar-refractivity contribution < 1.29 is 0 Å². The fraction of sp³-hybridized carbons (Fsp3) is 0.684. The number of hydrogen-bond donors (Lipinski definition) is 2. The minimum Gasteiger partial charge on any atom is -0.370 e. The number of halogens is 1. The van der Waals surface area contributed by atoms with E-state index in [1.807, 2.05) is 6.20 Å². The van der Waals surface area contributed by atoms with Crippen LogP contribution in [0.1, 0.15) is 57.9 Å². The van der Waals surface area contributed by atoms with Gasteiger partial charge in [0, 0.05) is 25.8 Å². The fourth-order valence-corrected chi connectivity index (χ4v) is 2.94. The average Bonchev–Trinajstić information content (AvgIpc) is 2.61. The van der Waals surface area contributed by atoms with E-state index in [2.05, 4.69) is 46.2 Å². The molecule has 1 saturated heterocycles. The average molecular weight is 459 g/mol. The third kappa shape index (κ3) is 8.25. The summed E-state index contributed by atoms with van der Waals surface area (Å²) in [6.07, 6.45) is 9.37. The van der Waals surface area contributed by atoms with Crippen LogP contribution in [0, 0.1) is 5.92 Å². The number of guanidine groups is 1. The summed E-state index contributed by atoms with van der Waals surface area (Å²) in [6.45, 7) is 8.25. The van der Waals surface area contributed by atoms with Gasteiger partial charge < -0.3 is 16.0 Å². The van der Waals surface area contributed by atoms with Gasteiger partial charge >= 0.3 is 0 Å². The predicted molar refractivity (Wildman–Crippen MR) is 118 cm³/mol. The number of rotatable bonds is 8. The Morgan fingerprint density at radius 3 is 2.68 bits per heavy atom. The zero-order valence-electron chi connectivity index (χ0n) is 15.7. The molecule has 0 spiro atoms. The summed E-state index contributed by atoms with van der Waals surface area (Å²) in [4.78, 5) is 11.4. The molecule has 0 aliphatic carbocycles. The summed E-state index contributed by atoms with van der Waals surface area (Å²) in [7, 11) is 0. The first kappa shape index (κ1) is 22.0. The maximum Gasteiger partial charge on any atom is 0.188 e. The van der Waals surface area contributed by atoms with Crippen LogP contribution in [0.25, 0.3) is 0 Å². The van der Waals surface area contributed by atoms with E-state index in [0.29, 0.717) is 12.5 Å². The molecule has 0 radical (unpaired) electrons. The number of aromatic nitrogens is 1. The Hall–Kier alpha value is -1.05. The summed E-state index contributed by atoms with van der Waals surface area (Å²) in [6, 6.07) is 4.22. The van der Waals surface area contributed by atoms with E-state index >= 15 is 0 Å². The molecule has 5 nitrogen and oxygen atoms in total. The third-order valence-electron chi connectivity index (χ3n) is 4.69. The summed E-state index contributed by atoms with van der Waals surface area (Å²) in [5.74, 6) is 2.45. The molecule has 0 atom stereocenters. The van der Waals surface area contributed by atoms with E-state index < -0.39 is 0 Å². The standard InChI is InChI=1S/C19H33N5.HI/c1-3-4-5-6-11-21-19(20)23-15-17-7-8-18(22-14-17)24-12-9-16(2)10-13-24;/h7-8,14,16H,3-6,9-13,15H2,1-2H3,(H3,20,21,23);1H. The highest BCUT2D eigenvalue weighted by molar-refractivity contribution is 14.0. The highest BCUT2D eigenvalue weighted by Gasteiger charge is 2.16. The van der Waals surface area contributed by atoms with Gasteiger partial charge in [0.1, 0.15) is 5.82 Å². The molecule has 1 aliphatic rings. The minimum atomic E-state index is 0. The highest BCUT2D eigenvalue weighted by Crippen LogP contribution is 2.21. The number of nitrogens with zero attached hydrogens (tertiary/aromatic N) is 3. The van der Waals surface area contributed by atoms with Crippen molar-refractivity contribution in [3.05, 3.63) is 23.9 Å². The Balaban J connectivity index is 0.00000312. The van der Waals surface area contributed by atoms with E-state index in [-0.39, 0.29) is 24.0 Å². The van der Waals surface area contributed by atoms with Crippen molar-refractivity contribution in [2.45, 2.75) is 58.9 Å². The number of hydrogen-bond acceptors (Lipinski definition) is 3. The van der Waals surface area contributed by atoms with Crippen molar-refractivity contribution in [1.82, 2.24) is 10.3 Å². The second-order valence-electron chi connectivity index (χ2n) is 6.88. The minimum absolute atomic E-state index is 0. The lowest BCUT2D eigenvalue weighted by Gasteiger charge is -2.31. The monoisotopic (exact) mass is 459 g/mol. The Morgan fingerprint density at radius 2 is 2.04 bits per heavy atom. The molecular formula is C19H34IN5. The van der Waals surface area contributed by atoms with Gasteiger partial charge in [0.2, 0.25) is 0 Å². The largest absolute Gasteiger partial charge is 0.370 e. The molecule has 0 aromatic carbocycles. The van der Waals surface area contributed by atoms with Crippen molar-refractivity contribution in [2.24, 2.45) is 16.6 Å². The molecule has 1 aliphatic heterocycles. The number of anilines is 1. The van der Waals surface area contributed by atoms with E-state index in [1.54, 1.807) is 0 Å². The van der Waals surface area contributed by atoms with Crippen molar-refractivity contribution in [2.75, 3.05) is 24.5 Å². The smallest absolute Gasteiger partial charge is 0.188 e. The van der Waals surface area contributed by atoms with Gasteiger partial charge in [-0.2, -0.15) is 0 Å². The second kappa shape index (κ2) is 12.3. The molecule has 1 aromatic rings. The molecule has 6 heteroatoms. The predicted octanol–water partition coefficient (Wildman–Crippen LogP) is 3.92. The SMILES string of the molecule is CCCCCCNC(N)=NCc1ccc(N2CCC(C)CC2)nc1.I. The summed E-state index contributed by atoms with van der Waals surface area (Å²) in [5.41, 5.74) is 7.00. The molecule has 0 bridgehead atoms. The number of nitrogens with two attached hydrogens (primary N) is 1. The van der Waals surface area contributed by atoms with E-state index in [4.69, 9.17) is 5.73 Å². The zero-order valence-corrected chi connectivity index (χ0v) is 18.0. The van der Waals surface area contributed by atoms with E-state index in [9.17, 15) is 0 Å². The quantitative estimate of drug-likeness (QED) is 0.268. The molecule has 1 aromatic heterocycles. The summed E-state index contributed by atoms with van der Waals surface area (Å²) >= 11 is 0. The summed E-state index contributed by atoms with van der Waals surface area (Å²) < 4.78 is 0. The van der Waals surface area contributed by atoms with Crippen molar-refractivity contribution in [1.29, 1.82) is 0 Å². The number of pyridine rings is 1. The molecule has 0 amide bonds. The van der Waals surface area contributed by atoms with Gasteiger partial charge in [-0.05, 0) is 36.8 Å². The van der Waals surface area contributed by atoms with Gasteiger partial charge in [-0.1, -0.05) is 39.2 Å². The van der Waals surface area contributed by atoms with Crippen LogP contribution in [0.5, 0.6) is 0 Å². The van der Waals surface area contributed by atoms with Gasteiger partial charge in [-0.25, -0.2) is 9.98 Å². The normalized spacial score (nSPS) is 15.8. The van der Waals surface area contributed by atoms with Crippen LogP contribution >= 0.6 is 24.0 Å². The highest BCUT2D eigenvalue weighted by atomic mass is 127. The zero-order chi connectivity index (χ0) is 17.2. The molecular weight excluding hydrogens is 425 g/mol. The lowest BCUT2D eigenvalue weighted by atomic mass is 9.99. The van der Waals surface area contributed by atoms with Gasteiger partial charge in [0.25, 0.3) is 0 Å². The van der Waals surface area contributed by atoms with Gasteiger partial charge in [0.05, 0.1) is 6.54 Å². The van der Waals surface area contributed by atoms with Crippen LogP contribution in [0.2, 0.25) is 0 Å². The van der Waals surface area contributed by atoms with E-state index in [1.165, 1.54) is 32.1 Å². The maximum absolute atomic E-state index is 5.91. The van der Waals surface area contributed by atoms with Crippen LogP contribution in [0.3, 0.4) is 0 Å². The lowest BCUT2D eigenvalue weighted by molar-refractivity contribution is 0.436. The molecule has 2 heterocycles. The summed E-state index contributed by atoms with van der Waals surface area (Å²) in [5, 5.41) is 3.18. The number of nitrogens with one attached hydrogen (secondary N) is 1. The van der Waals surface area contributed by atoms with Crippen molar-refractivity contribution >= 4 is 35.8 Å². The van der Waals surface area contributed by atoms with Crippen LogP contribution in [0.15, 0.2) is 23.3 Å². The fourth-order valence-electron chi connectivity index (χ4n) is 2.94. The second-order valence-corrected chi connectivity index (χ2v) is 6.88. The number of aliphatic imine (C=N–C) groups is 1. The van der Waals surface area contributed by atoms with Crippen LogP contribution in [-0.2, 0) is 6.54 Å². The first-order valence-corrected chi connectivity index (χ1v) is 9.42. The Labute approximate surface area is 169 Å². The first-order chi connectivity index (χ1) is 11.7. The Kier molecular flexibility index (Phi) is 10.8. The van der Waals surface area contributed by atoms with Crippen LogP contribution < -0.4 is 16.0 Å². The lowest BCUT2D eigenvalue weighted by Crippen LogP contribution is -2.33. The Bertz CT molecular complexity index is 495. The van der Waals surface area contributed by atoms with Gasteiger partial charge in [-0.15, -0.1) is 24.0 Å². The third-order valence-corrected chi connectivity index (χ3v) is 4.69. The van der Waals surface area contributed by atoms with E-state index in [0.717, 1.165) is 43.4 Å². The van der Waals surface area contributed by atoms with Crippen LogP contribution in [0.4, 0.5) is 5.82 Å². The first-order valence-electron chi connectivity index (χ1n) is 9.42. The molecule has 0 saturated carbocycles. The molecule has 3 N–H and O–H groups in total. The van der Waals surface area contributed by atoms with Crippen molar-refractivity contribution in [3.8, 4) is 0 Å². The van der Waals surface area contributed by atoms with Crippen molar-refractivity contribution in [3.63, 3.8) is 0 Å². The van der Waals surface area contributed by atoms with Gasteiger partial charge in [0.15, 0.2) is 5.96 Å². The topological polar surface area (TPSA) is 66.5 Å². The van der Waals surface area contributed by atoms with Gasteiger partial charge in [-0.3, -0.25) is 0 Å². The molecule has 0 unspecified atom stereocenters. The molecule has 25 heavy (non-hydrogen) atoms. The molecule has 142 valence electrons. The molecule has 1 fully saturated rings. The maximum atomic E-state index is 5.91. The number of piperidine rings is 1. The Morgan fingerprint density at radius 1 is 1.28 bits per heavy atom. The van der Waals surface area contributed by atoms with Crippen LogP contribution in [-0.4, -0.2) is 30.6 Å².